The number of hydrogen-bond acceptors (Lipinski definition) is 4. The third kappa shape index (κ3) is 2.02. The standard InChI is InChI=1S/C9H7ClN4O/c10-3-8(15)7-4-13-14(6-7)9-5-11-1-2-12-9/h1-2,4-6H,3H2. The fourth-order valence-corrected chi connectivity index (χ4v) is 1.23. The van der Waals surface area contributed by atoms with Gasteiger partial charge < -0.3 is 0 Å². The first-order valence-corrected chi connectivity index (χ1v) is 4.75. The molecule has 0 aliphatic rings. The number of rotatable bonds is 3. The summed E-state index contributed by atoms with van der Waals surface area (Å²) in [6.07, 6.45) is 7.72. The molecule has 0 N–H and O–H groups in total. The zero-order valence-corrected chi connectivity index (χ0v) is 8.42. The van der Waals surface area contributed by atoms with Crippen LogP contribution in [0.2, 0.25) is 0 Å². The number of halogens is 1. The molecule has 0 radical (unpaired) electrons. The van der Waals surface area contributed by atoms with Gasteiger partial charge in [0, 0.05) is 18.6 Å². The van der Waals surface area contributed by atoms with Crippen molar-refractivity contribution in [1.82, 2.24) is 19.7 Å². The van der Waals surface area contributed by atoms with Crippen molar-refractivity contribution in [2.75, 3.05) is 5.88 Å². The van der Waals surface area contributed by atoms with Crippen molar-refractivity contribution in [3.63, 3.8) is 0 Å². The summed E-state index contributed by atoms with van der Waals surface area (Å²) in [7, 11) is 0. The highest BCUT2D eigenvalue weighted by atomic mass is 35.5. The normalized spacial score (nSPS) is 10.2. The molecule has 15 heavy (non-hydrogen) atoms. The van der Waals surface area contributed by atoms with Gasteiger partial charge in [-0.3, -0.25) is 9.78 Å². The lowest BCUT2D eigenvalue weighted by molar-refractivity contribution is 0.102. The van der Waals surface area contributed by atoms with Crippen LogP contribution in [0, 0.1) is 0 Å². The minimum absolute atomic E-state index is 0.0494. The van der Waals surface area contributed by atoms with Crippen molar-refractivity contribution in [3.8, 4) is 5.82 Å². The highest BCUT2D eigenvalue weighted by molar-refractivity contribution is 6.30. The molecule has 0 amide bonds. The van der Waals surface area contributed by atoms with Gasteiger partial charge in [-0.2, -0.15) is 5.10 Å². The van der Waals surface area contributed by atoms with E-state index in [9.17, 15) is 4.79 Å². The van der Waals surface area contributed by atoms with Crippen molar-refractivity contribution < 1.29 is 4.79 Å². The van der Waals surface area contributed by atoms with Gasteiger partial charge in [0.2, 0.25) is 0 Å². The second kappa shape index (κ2) is 4.18. The molecule has 0 saturated heterocycles. The van der Waals surface area contributed by atoms with Gasteiger partial charge in [-0.15, -0.1) is 11.6 Å². The summed E-state index contributed by atoms with van der Waals surface area (Å²) in [4.78, 5) is 19.2. The van der Waals surface area contributed by atoms with Crippen molar-refractivity contribution in [2.45, 2.75) is 0 Å². The van der Waals surface area contributed by atoms with E-state index in [-0.39, 0.29) is 11.7 Å². The molecule has 0 aromatic carbocycles. The molecule has 2 aromatic heterocycles. The van der Waals surface area contributed by atoms with E-state index < -0.39 is 0 Å². The average molecular weight is 223 g/mol. The lowest BCUT2D eigenvalue weighted by atomic mass is 10.3. The van der Waals surface area contributed by atoms with Crippen LogP contribution in [0.1, 0.15) is 10.4 Å². The van der Waals surface area contributed by atoms with Crippen LogP contribution in [-0.2, 0) is 0 Å². The molecule has 0 bridgehead atoms. The molecule has 2 aromatic rings. The summed E-state index contributed by atoms with van der Waals surface area (Å²) >= 11 is 5.43. The molecule has 6 heteroatoms. The number of carbonyl (C=O) groups excluding carboxylic acids is 1. The molecule has 0 aliphatic heterocycles. The number of alkyl halides is 1. The number of aromatic nitrogens is 4. The summed E-state index contributed by atoms with van der Waals surface area (Å²) in [5.41, 5.74) is 0.468. The first-order valence-electron chi connectivity index (χ1n) is 4.21. The lowest BCUT2D eigenvalue weighted by Crippen LogP contribution is -1.99. The molecule has 0 atom stereocenters. The highest BCUT2D eigenvalue weighted by Crippen LogP contribution is 2.05. The van der Waals surface area contributed by atoms with Crippen LogP contribution >= 0.6 is 11.6 Å². The third-order valence-electron chi connectivity index (χ3n) is 1.81. The van der Waals surface area contributed by atoms with Crippen molar-refractivity contribution >= 4 is 17.4 Å². The van der Waals surface area contributed by atoms with E-state index in [0.717, 1.165) is 0 Å². The number of Topliss-reactive ketones (excluding diaryl/α,β-unsaturated/α-hetero) is 1. The largest absolute Gasteiger partial charge is 0.293 e. The maximum Gasteiger partial charge on any atom is 0.180 e. The van der Waals surface area contributed by atoms with Gasteiger partial charge in [0.05, 0.1) is 23.8 Å². The molecule has 2 rings (SSSR count). The van der Waals surface area contributed by atoms with Crippen molar-refractivity contribution in [2.24, 2.45) is 0 Å². The predicted octanol–water partition coefficient (Wildman–Crippen LogP) is 1.08. The van der Waals surface area contributed by atoms with Crippen LogP contribution in [0.4, 0.5) is 0 Å². The monoisotopic (exact) mass is 222 g/mol. The Kier molecular flexibility index (Phi) is 2.73. The summed E-state index contributed by atoms with van der Waals surface area (Å²) in [6, 6.07) is 0. The van der Waals surface area contributed by atoms with Crippen LogP contribution < -0.4 is 0 Å². The molecular weight excluding hydrogens is 216 g/mol. The van der Waals surface area contributed by atoms with E-state index in [1.54, 1.807) is 24.8 Å². The fourth-order valence-electron chi connectivity index (χ4n) is 1.08. The average Bonchev–Trinajstić information content (AvgIpc) is 2.78. The van der Waals surface area contributed by atoms with E-state index in [0.29, 0.717) is 11.4 Å². The molecule has 0 fully saturated rings. The summed E-state index contributed by atoms with van der Waals surface area (Å²) < 4.78 is 1.48. The zero-order valence-electron chi connectivity index (χ0n) is 7.67. The van der Waals surface area contributed by atoms with E-state index in [1.165, 1.54) is 10.9 Å². The van der Waals surface area contributed by atoms with Crippen molar-refractivity contribution in [1.29, 1.82) is 0 Å². The first-order chi connectivity index (χ1) is 7.31. The summed E-state index contributed by atoms with van der Waals surface area (Å²) in [6.45, 7) is 0. The molecule has 76 valence electrons. The van der Waals surface area contributed by atoms with Gasteiger partial charge in [0.1, 0.15) is 0 Å². The molecule has 0 saturated carbocycles. The Hall–Kier alpha value is -1.75. The molecule has 5 nitrogen and oxygen atoms in total. The minimum atomic E-state index is -0.160. The Labute approximate surface area is 90.7 Å². The Bertz CT molecular complexity index is 468. The van der Waals surface area contributed by atoms with E-state index in [1.807, 2.05) is 0 Å². The fraction of sp³-hybridized carbons (Fsp3) is 0.111. The lowest BCUT2D eigenvalue weighted by Gasteiger charge is -1.96. The number of hydrogen-bond donors (Lipinski definition) is 0. The smallest absolute Gasteiger partial charge is 0.180 e. The topological polar surface area (TPSA) is 60.7 Å². The highest BCUT2D eigenvalue weighted by Gasteiger charge is 2.08. The predicted molar refractivity (Wildman–Crippen MR) is 54.2 cm³/mol. The Morgan fingerprint density at radius 3 is 2.93 bits per heavy atom. The molecule has 2 heterocycles. The molecule has 0 aliphatic carbocycles. The second-order valence-corrected chi connectivity index (χ2v) is 3.06. The SMILES string of the molecule is O=C(CCl)c1cnn(-c2cnccn2)c1. The summed E-state index contributed by atoms with van der Waals surface area (Å²) in [5, 5.41) is 3.99. The van der Waals surface area contributed by atoms with Crippen LogP contribution in [0.3, 0.4) is 0 Å². The van der Waals surface area contributed by atoms with Crippen LogP contribution in [0.5, 0.6) is 0 Å². The van der Waals surface area contributed by atoms with Crippen LogP contribution in [0.25, 0.3) is 5.82 Å². The zero-order chi connectivity index (χ0) is 10.7. The Balaban J connectivity index is 2.32. The molecule has 0 unspecified atom stereocenters. The number of carbonyl (C=O) groups is 1. The quantitative estimate of drug-likeness (QED) is 0.576. The van der Waals surface area contributed by atoms with E-state index >= 15 is 0 Å². The third-order valence-corrected chi connectivity index (χ3v) is 2.05. The van der Waals surface area contributed by atoms with Gasteiger partial charge in [-0.1, -0.05) is 0 Å². The molecular formula is C9H7ClN4O. The van der Waals surface area contributed by atoms with Gasteiger partial charge >= 0.3 is 0 Å². The second-order valence-electron chi connectivity index (χ2n) is 2.79. The number of nitrogens with zero attached hydrogens (tertiary/aromatic N) is 4. The van der Waals surface area contributed by atoms with Gasteiger partial charge in [0.25, 0.3) is 0 Å². The van der Waals surface area contributed by atoms with Crippen molar-refractivity contribution in [3.05, 3.63) is 36.5 Å². The number of ketones is 1. The minimum Gasteiger partial charge on any atom is -0.293 e. The van der Waals surface area contributed by atoms with Gasteiger partial charge in [-0.25, -0.2) is 9.67 Å². The Morgan fingerprint density at radius 1 is 1.40 bits per heavy atom. The van der Waals surface area contributed by atoms with Crippen LogP contribution in [-0.4, -0.2) is 31.4 Å². The van der Waals surface area contributed by atoms with Gasteiger partial charge in [-0.05, 0) is 0 Å². The maximum atomic E-state index is 11.2. The molecule has 0 spiro atoms. The van der Waals surface area contributed by atoms with E-state index in [4.69, 9.17) is 11.6 Å². The van der Waals surface area contributed by atoms with E-state index in [2.05, 4.69) is 15.1 Å². The first kappa shape index (κ1) is 9.79. The summed E-state index contributed by atoms with van der Waals surface area (Å²) in [5.74, 6) is 0.351. The van der Waals surface area contributed by atoms with Crippen LogP contribution in [0.15, 0.2) is 31.0 Å². The van der Waals surface area contributed by atoms with Gasteiger partial charge in [0.15, 0.2) is 11.6 Å². The Morgan fingerprint density at radius 2 is 2.27 bits per heavy atom. The maximum absolute atomic E-state index is 11.2.